The van der Waals surface area contributed by atoms with Gasteiger partial charge in [-0.15, -0.1) is 0 Å². The molecule has 2 heteroatoms. The first-order valence-corrected chi connectivity index (χ1v) is 14.4. The molecule has 2 aliphatic rings. The van der Waals surface area contributed by atoms with E-state index in [1.807, 2.05) is 0 Å². The molecule has 0 radical (unpaired) electrons. The van der Waals surface area contributed by atoms with Crippen LogP contribution in [0.4, 0.5) is 0 Å². The summed E-state index contributed by atoms with van der Waals surface area (Å²) in [7, 11) is 0. The van der Waals surface area contributed by atoms with Crippen molar-refractivity contribution in [1.29, 1.82) is 0 Å². The zero-order valence-corrected chi connectivity index (χ0v) is 20.7. The number of rotatable bonds is 3. The highest BCUT2D eigenvalue weighted by Gasteiger charge is 2.10. The van der Waals surface area contributed by atoms with E-state index in [1.165, 1.54) is 181 Å². The van der Waals surface area contributed by atoms with Gasteiger partial charge in [0, 0.05) is 13.1 Å². The molecule has 0 aromatic carbocycles. The number of hydrogen-bond donors (Lipinski definition) is 0. The quantitative estimate of drug-likeness (QED) is 0.454. The topological polar surface area (TPSA) is 6.48 Å². The van der Waals surface area contributed by atoms with Gasteiger partial charge in [0.05, 0.1) is 0 Å². The number of nitrogens with zero attached hydrogens (tertiary/aromatic N) is 2. The Balaban J connectivity index is 1.71. The van der Waals surface area contributed by atoms with Gasteiger partial charge >= 0.3 is 0 Å². The van der Waals surface area contributed by atoms with Crippen molar-refractivity contribution in [1.82, 2.24) is 9.80 Å². The van der Waals surface area contributed by atoms with Crippen LogP contribution >= 0.6 is 0 Å². The molecule has 0 amide bonds. The van der Waals surface area contributed by atoms with Gasteiger partial charge in [-0.1, -0.05) is 116 Å². The first-order chi connectivity index (χ1) is 14.9. The molecule has 0 aliphatic carbocycles. The molecule has 0 aromatic rings. The monoisotopic (exact) mass is 420 g/mol. The van der Waals surface area contributed by atoms with E-state index in [4.69, 9.17) is 0 Å². The molecule has 178 valence electrons. The Bertz CT molecular complexity index is 295. The minimum absolute atomic E-state index is 1.32. The summed E-state index contributed by atoms with van der Waals surface area (Å²) in [5.74, 6) is 0. The van der Waals surface area contributed by atoms with Gasteiger partial charge in [0.1, 0.15) is 0 Å². The van der Waals surface area contributed by atoms with Gasteiger partial charge < -0.3 is 9.80 Å². The lowest BCUT2D eigenvalue weighted by molar-refractivity contribution is 0.192. The average molecular weight is 421 g/mol. The van der Waals surface area contributed by atoms with E-state index >= 15 is 0 Å². The van der Waals surface area contributed by atoms with Crippen LogP contribution in [0.25, 0.3) is 0 Å². The molecule has 0 unspecified atom stereocenters. The standard InChI is InChI=1S/C28H56N2/c1-3-7-11-15-19-23-29(24-20-16-12-8-4-1)27-28-30-25-21-17-13-9-5-2-6-10-14-18-22-26-30/h1-28H2. The molecule has 2 rings (SSSR count). The van der Waals surface area contributed by atoms with E-state index in [9.17, 15) is 0 Å². The van der Waals surface area contributed by atoms with Crippen molar-refractivity contribution in [3.63, 3.8) is 0 Å². The molecule has 2 heterocycles. The molecule has 2 fully saturated rings. The Morgan fingerprint density at radius 3 is 0.600 bits per heavy atom. The minimum Gasteiger partial charge on any atom is -0.302 e. The van der Waals surface area contributed by atoms with Crippen molar-refractivity contribution in [2.75, 3.05) is 39.3 Å². The molecule has 30 heavy (non-hydrogen) atoms. The Hall–Kier alpha value is -0.0800. The van der Waals surface area contributed by atoms with Crippen molar-refractivity contribution in [2.24, 2.45) is 0 Å². The van der Waals surface area contributed by atoms with Crippen LogP contribution in [0.5, 0.6) is 0 Å². The second-order valence-electron chi connectivity index (χ2n) is 10.5. The lowest BCUT2D eigenvalue weighted by Gasteiger charge is -2.28. The van der Waals surface area contributed by atoms with E-state index < -0.39 is 0 Å². The Morgan fingerprint density at radius 2 is 0.400 bits per heavy atom. The molecule has 0 saturated carbocycles. The van der Waals surface area contributed by atoms with Crippen LogP contribution in [0, 0.1) is 0 Å². The fraction of sp³-hybridized carbons (Fsp3) is 1.00. The number of hydrogen-bond acceptors (Lipinski definition) is 2. The minimum atomic E-state index is 1.32. The summed E-state index contributed by atoms with van der Waals surface area (Å²) in [6, 6.07) is 0. The zero-order valence-electron chi connectivity index (χ0n) is 20.7. The Kier molecular flexibility index (Phi) is 17.1. The lowest BCUT2D eigenvalue weighted by Crippen LogP contribution is -2.37. The van der Waals surface area contributed by atoms with Crippen LogP contribution in [0.2, 0.25) is 0 Å². The predicted molar refractivity (Wildman–Crippen MR) is 134 cm³/mol. The third kappa shape index (κ3) is 14.8. The fourth-order valence-corrected chi connectivity index (χ4v) is 5.48. The van der Waals surface area contributed by atoms with Crippen molar-refractivity contribution in [3.05, 3.63) is 0 Å². The highest BCUT2D eigenvalue weighted by Crippen LogP contribution is 2.15. The molecule has 2 saturated heterocycles. The lowest BCUT2D eigenvalue weighted by atomic mass is 10.0. The van der Waals surface area contributed by atoms with E-state index in [2.05, 4.69) is 9.80 Å². The molecule has 0 aromatic heterocycles. The fourth-order valence-electron chi connectivity index (χ4n) is 5.48. The van der Waals surface area contributed by atoms with Crippen LogP contribution in [0.3, 0.4) is 0 Å². The zero-order chi connectivity index (χ0) is 21.0. The van der Waals surface area contributed by atoms with E-state index in [1.54, 1.807) is 0 Å². The summed E-state index contributed by atoms with van der Waals surface area (Å²) >= 11 is 0. The largest absolute Gasteiger partial charge is 0.302 e. The van der Waals surface area contributed by atoms with Gasteiger partial charge in [0.15, 0.2) is 0 Å². The van der Waals surface area contributed by atoms with Crippen LogP contribution in [0.15, 0.2) is 0 Å². The summed E-state index contributed by atoms with van der Waals surface area (Å²) in [6.45, 7) is 8.06. The average Bonchev–Trinajstić information content (AvgIpc) is 2.76. The van der Waals surface area contributed by atoms with Crippen molar-refractivity contribution in [2.45, 2.75) is 141 Å². The molecule has 2 nitrogen and oxygen atoms in total. The van der Waals surface area contributed by atoms with Crippen molar-refractivity contribution >= 4 is 0 Å². The molecular weight excluding hydrogens is 364 g/mol. The van der Waals surface area contributed by atoms with Gasteiger partial charge in [-0.3, -0.25) is 0 Å². The van der Waals surface area contributed by atoms with Crippen molar-refractivity contribution in [3.8, 4) is 0 Å². The van der Waals surface area contributed by atoms with Gasteiger partial charge in [0.25, 0.3) is 0 Å². The summed E-state index contributed by atoms with van der Waals surface area (Å²) in [6.07, 6.45) is 32.3. The summed E-state index contributed by atoms with van der Waals surface area (Å²) in [5, 5.41) is 0. The molecule has 0 atom stereocenters. The van der Waals surface area contributed by atoms with Crippen LogP contribution in [-0.2, 0) is 0 Å². The van der Waals surface area contributed by atoms with E-state index in [0.29, 0.717) is 0 Å². The van der Waals surface area contributed by atoms with Crippen LogP contribution < -0.4 is 0 Å². The third-order valence-corrected chi connectivity index (χ3v) is 7.63. The van der Waals surface area contributed by atoms with Crippen LogP contribution in [-0.4, -0.2) is 49.1 Å². The molecule has 0 spiro atoms. The van der Waals surface area contributed by atoms with Crippen molar-refractivity contribution < 1.29 is 0 Å². The normalized spacial score (nSPS) is 25.2. The highest BCUT2D eigenvalue weighted by atomic mass is 15.2. The second kappa shape index (κ2) is 19.6. The maximum absolute atomic E-state index is 2.83. The first kappa shape index (κ1) is 26.2. The van der Waals surface area contributed by atoms with Gasteiger partial charge in [0.2, 0.25) is 0 Å². The van der Waals surface area contributed by atoms with Gasteiger partial charge in [-0.2, -0.15) is 0 Å². The first-order valence-electron chi connectivity index (χ1n) is 14.4. The van der Waals surface area contributed by atoms with Gasteiger partial charge in [-0.25, -0.2) is 0 Å². The molecule has 0 bridgehead atoms. The predicted octanol–water partition coefficient (Wildman–Crippen LogP) is 8.20. The molecule has 0 N–H and O–H groups in total. The second-order valence-corrected chi connectivity index (χ2v) is 10.5. The maximum Gasteiger partial charge on any atom is 0.0109 e. The maximum atomic E-state index is 2.83. The summed E-state index contributed by atoms with van der Waals surface area (Å²) < 4.78 is 0. The van der Waals surface area contributed by atoms with Crippen LogP contribution in [0.1, 0.15) is 141 Å². The molecule has 2 aliphatic heterocycles. The van der Waals surface area contributed by atoms with E-state index in [-0.39, 0.29) is 0 Å². The SMILES string of the molecule is C1CCCCCCN(CCN2CCCCCCCCCCCCC2)CCCCCC1. The highest BCUT2D eigenvalue weighted by molar-refractivity contribution is 4.66. The summed E-state index contributed by atoms with van der Waals surface area (Å²) in [4.78, 5) is 5.66. The Morgan fingerprint density at radius 1 is 0.233 bits per heavy atom. The third-order valence-electron chi connectivity index (χ3n) is 7.63. The summed E-state index contributed by atoms with van der Waals surface area (Å²) in [5.41, 5.74) is 0. The molecular formula is C28H56N2. The Labute approximate surface area is 190 Å². The van der Waals surface area contributed by atoms with Gasteiger partial charge in [-0.05, 0) is 51.9 Å². The smallest absolute Gasteiger partial charge is 0.0109 e. The van der Waals surface area contributed by atoms with E-state index in [0.717, 1.165) is 0 Å².